The summed E-state index contributed by atoms with van der Waals surface area (Å²) in [5.41, 5.74) is 5.33. The van der Waals surface area contributed by atoms with Crippen LogP contribution in [0, 0.1) is 6.92 Å². The number of benzene rings is 3. The van der Waals surface area contributed by atoms with Crippen LogP contribution in [0.1, 0.15) is 34.5 Å². The molecular weight excluding hydrogens is 412 g/mol. The summed E-state index contributed by atoms with van der Waals surface area (Å²) >= 11 is 0. The van der Waals surface area contributed by atoms with Gasteiger partial charge in [0.25, 0.3) is 5.91 Å². The second-order valence-corrected chi connectivity index (χ2v) is 7.84. The van der Waals surface area contributed by atoms with Crippen LogP contribution in [0.3, 0.4) is 0 Å². The molecule has 4 rings (SSSR count). The molecule has 0 fully saturated rings. The topological polar surface area (TPSA) is 76.1 Å². The van der Waals surface area contributed by atoms with E-state index in [0.717, 1.165) is 28.3 Å². The number of aryl methyl sites for hydroxylation is 1. The molecule has 0 aliphatic carbocycles. The zero-order chi connectivity index (χ0) is 23.2. The molecule has 0 bridgehead atoms. The van der Waals surface area contributed by atoms with Crippen LogP contribution in [-0.2, 0) is 0 Å². The summed E-state index contributed by atoms with van der Waals surface area (Å²) in [6.45, 7) is 4.00. The van der Waals surface area contributed by atoms with Crippen molar-refractivity contribution in [2.24, 2.45) is 0 Å². The first-order chi connectivity index (χ1) is 16.0. The maximum absolute atomic E-state index is 12.9. The van der Waals surface area contributed by atoms with E-state index in [9.17, 15) is 4.79 Å². The van der Waals surface area contributed by atoms with Crippen molar-refractivity contribution in [3.05, 3.63) is 102 Å². The molecule has 6 heteroatoms. The highest BCUT2D eigenvalue weighted by Crippen LogP contribution is 2.23. The SMILES string of the molecule is COc1cccc([C@H](C)NC(=O)c2cccc(Nc3cc(-c4cccc(C)c4)ncn3)c2)c1. The highest BCUT2D eigenvalue weighted by molar-refractivity contribution is 5.95. The molecule has 6 nitrogen and oxygen atoms in total. The fourth-order valence-corrected chi connectivity index (χ4v) is 3.55. The van der Waals surface area contributed by atoms with Gasteiger partial charge in [0.05, 0.1) is 18.8 Å². The third-order valence-corrected chi connectivity index (χ3v) is 5.32. The summed E-state index contributed by atoms with van der Waals surface area (Å²) in [6.07, 6.45) is 1.53. The van der Waals surface area contributed by atoms with Crippen molar-refractivity contribution < 1.29 is 9.53 Å². The predicted octanol–water partition coefficient (Wildman–Crippen LogP) is 5.70. The zero-order valence-corrected chi connectivity index (χ0v) is 18.9. The molecule has 4 aromatic rings. The van der Waals surface area contributed by atoms with Gasteiger partial charge in [-0.25, -0.2) is 9.97 Å². The average molecular weight is 439 g/mol. The Bertz CT molecular complexity index is 1270. The lowest BCUT2D eigenvalue weighted by Crippen LogP contribution is -2.26. The number of nitrogens with zero attached hydrogens (tertiary/aromatic N) is 2. The van der Waals surface area contributed by atoms with Gasteiger partial charge in [0, 0.05) is 22.9 Å². The molecule has 0 aliphatic heterocycles. The van der Waals surface area contributed by atoms with Crippen LogP contribution in [0.5, 0.6) is 5.75 Å². The van der Waals surface area contributed by atoms with Crippen LogP contribution in [0.2, 0.25) is 0 Å². The number of carbonyl (C=O) groups is 1. The monoisotopic (exact) mass is 438 g/mol. The molecule has 0 spiro atoms. The maximum atomic E-state index is 12.9. The number of hydrogen-bond acceptors (Lipinski definition) is 5. The van der Waals surface area contributed by atoms with Gasteiger partial charge >= 0.3 is 0 Å². The van der Waals surface area contributed by atoms with Crippen molar-refractivity contribution in [3.63, 3.8) is 0 Å². The highest BCUT2D eigenvalue weighted by Gasteiger charge is 2.13. The zero-order valence-electron chi connectivity index (χ0n) is 18.9. The van der Waals surface area contributed by atoms with Crippen molar-refractivity contribution in [1.29, 1.82) is 0 Å². The van der Waals surface area contributed by atoms with Crippen LogP contribution < -0.4 is 15.4 Å². The molecule has 2 N–H and O–H groups in total. The largest absolute Gasteiger partial charge is 0.497 e. The Balaban J connectivity index is 1.48. The molecule has 166 valence electrons. The van der Waals surface area contributed by atoms with Crippen molar-refractivity contribution in [1.82, 2.24) is 15.3 Å². The summed E-state index contributed by atoms with van der Waals surface area (Å²) in [5.74, 6) is 1.26. The van der Waals surface area contributed by atoms with Gasteiger partial charge in [-0.05, 0) is 55.8 Å². The first-order valence-electron chi connectivity index (χ1n) is 10.7. The van der Waals surface area contributed by atoms with Crippen molar-refractivity contribution in [2.45, 2.75) is 19.9 Å². The van der Waals surface area contributed by atoms with Crippen LogP contribution >= 0.6 is 0 Å². The molecule has 1 heterocycles. The third kappa shape index (κ3) is 5.54. The second kappa shape index (κ2) is 9.96. The normalized spacial score (nSPS) is 11.5. The Morgan fingerprint density at radius 1 is 0.939 bits per heavy atom. The number of amides is 1. The number of ether oxygens (including phenoxy) is 1. The summed E-state index contributed by atoms with van der Waals surface area (Å²) in [4.78, 5) is 21.6. The Kier molecular flexibility index (Phi) is 6.64. The van der Waals surface area contributed by atoms with Gasteiger partial charge in [0.15, 0.2) is 0 Å². The Morgan fingerprint density at radius 3 is 2.58 bits per heavy atom. The van der Waals surface area contributed by atoms with E-state index in [0.29, 0.717) is 11.4 Å². The van der Waals surface area contributed by atoms with Crippen molar-refractivity contribution >= 4 is 17.4 Å². The number of methoxy groups -OCH3 is 1. The van der Waals surface area contributed by atoms with Gasteiger partial charge < -0.3 is 15.4 Å². The second-order valence-electron chi connectivity index (χ2n) is 7.84. The Morgan fingerprint density at radius 2 is 1.76 bits per heavy atom. The third-order valence-electron chi connectivity index (χ3n) is 5.32. The van der Waals surface area contributed by atoms with Gasteiger partial charge in [0.2, 0.25) is 0 Å². The fourth-order valence-electron chi connectivity index (χ4n) is 3.55. The van der Waals surface area contributed by atoms with E-state index in [1.54, 1.807) is 13.2 Å². The predicted molar refractivity (Wildman–Crippen MR) is 131 cm³/mol. The number of aromatic nitrogens is 2. The molecule has 0 saturated carbocycles. The van der Waals surface area contributed by atoms with E-state index >= 15 is 0 Å². The van der Waals surface area contributed by atoms with E-state index in [-0.39, 0.29) is 11.9 Å². The smallest absolute Gasteiger partial charge is 0.251 e. The van der Waals surface area contributed by atoms with Crippen molar-refractivity contribution in [3.8, 4) is 17.0 Å². The maximum Gasteiger partial charge on any atom is 0.251 e. The van der Waals surface area contributed by atoms with Crippen LogP contribution in [0.25, 0.3) is 11.3 Å². The van der Waals surface area contributed by atoms with Gasteiger partial charge in [-0.3, -0.25) is 4.79 Å². The molecule has 1 atom stereocenters. The number of rotatable bonds is 7. The van der Waals surface area contributed by atoms with Gasteiger partial charge in [0.1, 0.15) is 17.9 Å². The summed E-state index contributed by atoms with van der Waals surface area (Å²) in [5, 5.41) is 6.32. The molecule has 0 radical (unpaired) electrons. The van der Waals surface area contributed by atoms with Crippen LogP contribution in [-0.4, -0.2) is 23.0 Å². The van der Waals surface area contributed by atoms with Gasteiger partial charge in [-0.2, -0.15) is 0 Å². The molecule has 1 aromatic heterocycles. The minimum absolute atomic E-state index is 0.155. The lowest BCUT2D eigenvalue weighted by atomic mass is 10.1. The molecule has 3 aromatic carbocycles. The molecule has 0 saturated heterocycles. The fraction of sp³-hybridized carbons (Fsp3) is 0.148. The number of anilines is 2. The van der Waals surface area contributed by atoms with E-state index in [4.69, 9.17) is 4.74 Å². The Hall–Kier alpha value is -4.19. The first kappa shape index (κ1) is 22.0. The van der Waals surface area contributed by atoms with Crippen molar-refractivity contribution in [2.75, 3.05) is 12.4 Å². The minimum Gasteiger partial charge on any atom is -0.497 e. The average Bonchev–Trinajstić information content (AvgIpc) is 2.84. The summed E-state index contributed by atoms with van der Waals surface area (Å²) < 4.78 is 5.28. The van der Waals surface area contributed by atoms with Gasteiger partial charge in [-0.1, -0.05) is 42.0 Å². The molecular formula is C27H26N4O2. The van der Waals surface area contributed by atoms with E-state index in [2.05, 4.69) is 39.7 Å². The molecule has 0 aliphatic rings. The molecule has 1 amide bonds. The standard InChI is InChI=1S/C27H26N4O2/c1-18-7-4-9-21(13-18)25-16-26(29-17-28-25)31-23-11-5-10-22(14-23)27(32)30-19(2)20-8-6-12-24(15-20)33-3/h4-17,19H,1-3H3,(H,30,32)(H,28,29,31)/t19-/m0/s1. The minimum atomic E-state index is -0.164. The first-order valence-corrected chi connectivity index (χ1v) is 10.7. The molecule has 33 heavy (non-hydrogen) atoms. The summed E-state index contributed by atoms with van der Waals surface area (Å²) in [7, 11) is 1.63. The number of hydrogen-bond donors (Lipinski definition) is 2. The number of carbonyl (C=O) groups excluding carboxylic acids is 1. The quantitative estimate of drug-likeness (QED) is 0.387. The highest BCUT2D eigenvalue weighted by atomic mass is 16.5. The lowest BCUT2D eigenvalue weighted by molar-refractivity contribution is 0.0940. The lowest BCUT2D eigenvalue weighted by Gasteiger charge is -2.16. The number of nitrogens with one attached hydrogen (secondary N) is 2. The molecule has 0 unspecified atom stereocenters. The van der Waals surface area contributed by atoms with E-state index in [1.807, 2.05) is 67.6 Å². The van der Waals surface area contributed by atoms with Crippen LogP contribution in [0.15, 0.2) is 85.2 Å². The van der Waals surface area contributed by atoms with Gasteiger partial charge in [-0.15, -0.1) is 0 Å². The van der Waals surface area contributed by atoms with Crippen LogP contribution in [0.4, 0.5) is 11.5 Å². The Labute approximate surface area is 193 Å². The van der Waals surface area contributed by atoms with E-state index < -0.39 is 0 Å². The summed E-state index contributed by atoms with van der Waals surface area (Å²) in [6, 6.07) is 24.9. The van der Waals surface area contributed by atoms with E-state index in [1.165, 1.54) is 11.9 Å².